The minimum absolute atomic E-state index is 0.158. The minimum Gasteiger partial charge on any atom is -0.478 e. The molecule has 0 atom stereocenters. The van der Waals surface area contributed by atoms with Crippen molar-refractivity contribution >= 4 is 5.97 Å². The second kappa shape index (κ2) is 4.02. The normalized spacial score (nSPS) is 9.82. The lowest BCUT2D eigenvalue weighted by Gasteiger charge is -2.01. The summed E-state index contributed by atoms with van der Waals surface area (Å²) in [5.41, 5.74) is 0.769. The number of aromatic carboxylic acids is 1. The Labute approximate surface area is 96.3 Å². The highest BCUT2D eigenvalue weighted by atomic mass is 16.4. The fourth-order valence-electron chi connectivity index (χ4n) is 1.41. The van der Waals surface area contributed by atoms with Gasteiger partial charge in [0.25, 0.3) is 5.56 Å². The van der Waals surface area contributed by atoms with Crippen molar-refractivity contribution in [1.29, 1.82) is 0 Å². The lowest BCUT2D eigenvalue weighted by atomic mass is 10.2. The first-order valence-corrected chi connectivity index (χ1v) is 4.74. The highest BCUT2D eigenvalue weighted by molar-refractivity contribution is 5.87. The van der Waals surface area contributed by atoms with Gasteiger partial charge in [-0.25, -0.2) is 9.48 Å². The molecular formula is C12H8N2O3. The summed E-state index contributed by atoms with van der Waals surface area (Å²) in [5.74, 6) is 1.30. The molecule has 1 aromatic heterocycles. The topological polar surface area (TPSA) is 75.1 Å². The maximum atomic E-state index is 11.5. The monoisotopic (exact) mass is 228 g/mol. The number of nitrogens with one attached hydrogen (secondary N) is 1. The smallest absolute Gasteiger partial charge is 0.335 e. The van der Waals surface area contributed by atoms with Crippen LogP contribution in [0.15, 0.2) is 35.1 Å². The molecule has 5 heteroatoms. The van der Waals surface area contributed by atoms with Crippen LogP contribution in [-0.2, 0) is 0 Å². The number of H-pyrrole nitrogens is 1. The Kier molecular flexibility index (Phi) is 2.55. The van der Waals surface area contributed by atoms with E-state index in [2.05, 4.69) is 11.0 Å². The van der Waals surface area contributed by atoms with Crippen molar-refractivity contribution in [3.05, 3.63) is 51.9 Å². The molecule has 0 spiro atoms. The second-order valence-electron chi connectivity index (χ2n) is 3.34. The number of aromatic amines is 1. The molecule has 0 saturated heterocycles. The molecule has 2 N–H and O–H groups in total. The van der Waals surface area contributed by atoms with Gasteiger partial charge >= 0.3 is 5.97 Å². The van der Waals surface area contributed by atoms with E-state index in [0.717, 1.165) is 0 Å². The maximum absolute atomic E-state index is 11.5. The number of carboxylic acids is 1. The van der Waals surface area contributed by atoms with Crippen LogP contribution in [0.3, 0.4) is 0 Å². The molecule has 0 unspecified atom stereocenters. The fourth-order valence-corrected chi connectivity index (χ4v) is 1.41. The van der Waals surface area contributed by atoms with Gasteiger partial charge in [-0.2, -0.15) is 0 Å². The molecule has 5 nitrogen and oxygen atoms in total. The van der Waals surface area contributed by atoms with Crippen LogP contribution in [0.1, 0.15) is 16.1 Å². The van der Waals surface area contributed by atoms with Crippen molar-refractivity contribution in [3.63, 3.8) is 0 Å². The Morgan fingerprint density at radius 2 is 2.00 bits per heavy atom. The molecular weight excluding hydrogens is 220 g/mol. The quantitative estimate of drug-likeness (QED) is 0.748. The maximum Gasteiger partial charge on any atom is 0.335 e. The van der Waals surface area contributed by atoms with E-state index >= 15 is 0 Å². The Bertz CT molecular complexity index is 656. The zero-order valence-corrected chi connectivity index (χ0v) is 8.68. The van der Waals surface area contributed by atoms with Gasteiger partial charge in [0, 0.05) is 6.07 Å². The van der Waals surface area contributed by atoms with Crippen LogP contribution in [0.25, 0.3) is 5.69 Å². The first-order valence-electron chi connectivity index (χ1n) is 4.74. The Morgan fingerprint density at radius 1 is 1.35 bits per heavy atom. The number of aromatic nitrogens is 2. The summed E-state index contributed by atoms with van der Waals surface area (Å²) >= 11 is 0. The van der Waals surface area contributed by atoms with Crippen molar-refractivity contribution in [2.24, 2.45) is 0 Å². The van der Waals surface area contributed by atoms with Crippen molar-refractivity contribution in [2.45, 2.75) is 0 Å². The highest BCUT2D eigenvalue weighted by Crippen LogP contribution is 2.07. The van der Waals surface area contributed by atoms with E-state index in [4.69, 9.17) is 11.5 Å². The van der Waals surface area contributed by atoms with E-state index in [1.807, 2.05) is 0 Å². The van der Waals surface area contributed by atoms with E-state index in [9.17, 15) is 9.59 Å². The molecule has 0 fully saturated rings. The van der Waals surface area contributed by atoms with Gasteiger partial charge in [-0.1, -0.05) is 5.92 Å². The van der Waals surface area contributed by atoms with Gasteiger partial charge in [-0.3, -0.25) is 9.89 Å². The summed E-state index contributed by atoms with van der Waals surface area (Å²) in [6.07, 6.45) is 5.16. The highest BCUT2D eigenvalue weighted by Gasteiger charge is 2.05. The molecule has 84 valence electrons. The van der Waals surface area contributed by atoms with Crippen molar-refractivity contribution < 1.29 is 9.90 Å². The van der Waals surface area contributed by atoms with Crippen LogP contribution in [-0.4, -0.2) is 20.9 Å². The first-order chi connectivity index (χ1) is 8.11. The summed E-state index contributed by atoms with van der Waals surface area (Å²) in [4.78, 5) is 22.2. The fraction of sp³-hybridized carbons (Fsp3) is 0. The van der Waals surface area contributed by atoms with Crippen molar-refractivity contribution in [3.8, 4) is 18.0 Å². The number of hydrogen-bond acceptors (Lipinski definition) is 2. The number of hydrogen-bond donors (Lipinski definition) is 2. The van der Waals surface area contributed by atoms with Gasteiger partial charge in [0.15, 0.2) is 0 Å². The molecule has 0 radical (unpaired) electrons. The molecule has 0 aliphatic heterocycles. The molecule has 1 aromatic carbocycles. The van der Waals surface area contributed by atoms with Gasteiger partial charge in [-0.05, 0) is 24.3 Å². The van der Waals surface area contributed by atoms with Crippen LogP contribution < -0.4 is 5.56 Å². The molecule has 1 heterocycles. The number of benzene rings is 1. The number of rotatable bonds is 2. The van der Waals surface area contributed by atoms with Gasteiger partial charge in [0.1, 0.15) is 5.69 Å². The van der Waals surface area contributed by atoms with E-state index < -0.39 is 5.97 Å². The summed E-state index contributed by atoms with van der Waals surface area (Å²) in [6, 6.07) is 7.19. The predicted octanol–water partition coefficient (Wildman–Crippen LogP) is 0.845. The van der Waals surface area contributed by atoms with E-state index in [-0.39, 0.29) is 11.1 Å². The van der Waals surface area contributed by atoms with Gasteiger partial charge in [0.05, 0.1) is 11.3 Å². The summed E-state index contributed by atoms with van der Waals surface area (Å²) < 4.78 is 1.25. The predicted molar refractivity (Wildman–Crippen MR) is 61.3 cm³/mol. The average molecular weight is 228 g/mol. The summed E-state index contributed by atoms with van der Waals surface area (Å²) in [6.45, 7) is 0. The Balaban J connectivity index is 2.47. The van der Waals surface area contributed by atoms with Crippen LogP contribution >= 0.6 is 0 Å². The lowest BCUT2D eigenvalue weighted by Crippen LogP contribution is -2.13. The molecule has 0 saturated carbocycles. The largest absolute Gasteiger partial charge is 0.478 e. The Hall–Kier alpha value is -2.74. The van der Waals surface area contributed by atoms with Gasteiger partial charge < -0.3 is 5.11 Å². The SMILES string of the molecule is C#Cc1cc(=O)n(-c2ccc(C(=O)O)cc2)[nH]1. The molecule has 2 aromatic rings. The molecule has 0 amide bonds. The van der Waals surface area contributed by atoms with Crippen LogP contribution in [0, 0.1) is 12.3 Å². The molecule has 0 aliphatic rings. The number of nitrogens with zero attached hydrogens (tertiary/aromatic N) is 1. The third-order valence-electron chi connectivity index (χ3n) is 2.25. The summed E-state index contributed by atoms with van der Waals surface area (Å²) in [7, 11) is 0. The molecule has 17 heavy (non-hydrogen) atoms. The third-order valence-corrected chi connectivity index (χ3v) is 2.25. The zero-order chi connectivity index (χ0) is 12.4. The van der Waals surface area contributed by atoms with Crippen LogP contribution in [0.4, 0.5) is 0 Å². The minimum atomic E-state index is -1.01. The number of carbonyl (C=O) groups is 1. The first kappa shape index (κ1) is 10.8. The lowest BCUT2D eigenvalue weighted by molar-refractivity contribution is 0.0697. The molecule has 0 bridgehead atoms. The van der Waals surface area contributed by atoms with Gasteiger partial charge in [-0.15, -0.1) is 6.42 Å². The van der Waals surface area contributed by atoms with E-state index in [0.29, 0.717) is 11.4 Å². The van der Waals surface area contributed by atoms with Crippen molar-refractivity contribution in [2.75, 3.05) is 0 Å². The number of terminal acetylenes is 1. The summed E-state index contributed by atoms with van der Waals surface area (Å²) in [5, 5.41) is 11.5. The second-order valence-corrected chi connectivity index (χ2v) is 3.34. The van der Waals surface area contributed by atoms with E-state index in [1.165, 1.54) is 35.0 Å². The van der Waals surface area contributed by atoms with Crippen molar-refractivity contribution in [1.82, 2.24) is 9.78 Å². The third kappa shape index (κ3) is 1.96. The van der Waals surface area contributed by atoms with Gasteiger partial charge in [0.2, 0.25) is 0 Å². The molecule has 0 aliphatic carbocycles. The zero-order valence-electron chi connectivity index (χ0n) is 8.68. The Morgan fingerprint density at radius 3 is 2.47 bits per heavy atom. The van der Waals surface area contributed by atoms with Crippen LogP contribution in [0.5, 0.6) is 0 Å². The van der Waals surface area contributed by atoms with Crippen LogP contribution in [0.2, 0.25) is 0 Å². The van der Waals surface area contributed by atoms with E-state index in [1.54, 1.807) is 0 Å². The average Bonchev–Trinajstić information content (AvgIpc) is 2.71. The molecule has 2 rings (SSSR count). The number of carboxylic acid groups (broad SMARTS) is 1. The standard InChI is InChI=1S/C12H8N2O3/c1-2-9-7-11(15)14(13-9)10-5-3-8(4-6-10)12(16)17/h1,3-7,13H,(H,16,17).